The molecule has 12 heteroatoms. The van der Waals surface area contributed by atoms with Crippen LogP contribution in [0.2, 0.25) is 0 Å². The van der Waals surface area contributed by atoms with Crippen LogP contribution in [-0.2, 0) is 4.79 Å². The average Bonchev–Trinajstić information content (AvgIpc) is 3.81. The highest BCUT2D eigenvalue weighted by atomic mass is 16.3. The third-order valence-electron chi connectivity index (χ3n) is 7.39. The highest BCUT2D eigenvalue weighted by Gasteiger charge is 2.48. The second kappa shape index (κ2) is 10.9. The Balaban J connectivity index is 1.37. The van der Waals surface area contributed by atoms with Gasteiger partial charge in [-0.1, -0.05) is 0 Å². The van der Waals surface area contributed by atoms with E-state index < -0.39 is 12.1 Å². The molecule has 0 saturated heterocycles. The van der Waals surface area contributed by atoms with E-state index in [9.17, 15) is 19.5 Å². The van der Waals surface area contributed by atoms with E-state index >= 15 is 0 Å². The molecule has 3 heterocycles. The molecule has 2 aliphatic rings. The van der Waals surface area contributed by atoms with Gasteiger partial charge in [-0.25, -0.2) is 5.10 Å². The Morgan fingerprint density at radius 3 is 2.50 bits per heavy atom. The maximum Gasteiger partial charge on any atom is 0.270 e. The van der Waals surface area contributed by atoms with E-state index in [4.69, 9.17) is 0 Å². The second-order valence-electron chi connectivity index (χ2n) is 10.5. The van der Waals surface area contributed by atoms with Crippen LogP contribution in [-0.4, -0.2) is 59.3 Å². The number of aliphatic hydroxyl groups excluding tert-OH is 1. The Morgan fingerprint density at radius 2 is 1.87 bits per heavy atom. The largest absolute Gasteiger partial charge is 0.396 e. The molecule has 2 unspecified atom stereocenters. The quantitative estimate of drug-likeness (QED) is 0.283. The number of H-pyrrole nitrogens is 1. The Hall–Kier alpha value is -3.80. The van der Waals surface area contributed by atoms with Gasteiger partial charge in [-0.2, -0.15) is 15.3 Å². The van der Waals surface area contributed by atoms with Crippen LogP contribution in [0.15, 0.2) is 41.7 Å². The maximum atomic E-state index is 13.7. The van der Waals surface area contributed by atoms with Gasteiger partial charge in [0.25, 0.3) is 11.5 Å². The van der Waals surface area contributed by atoms with Crippen LogP contribution >= 0.6 is 0 Å². The van der Waals surface area contributed by atoms with Gasteiger partial charge in [0.05, 0.1) is 17.9 Å². The predicted molar refractivity (Wildman–Crippen MR) is 138 cm³/mol. The molecule has 2 amide bonds. The van der Waals surface area contributed by atoms with E-state index in [1.54, 1.807) is 33.9 Å². The smallest absolute Gasteiger partial charge is 0.270 e. The van der Waals surface area contributed by atoms with Crippen molar-refractivity contribution in [3.05, 3.63) is 58.5 Å². The molecule has 2 saturated carbocycles. The molecule has 3 aromatic heterocycles. The van der Waals surface area contributed by atoms with Gasteiger partial charge < -0.3 is 15.7 Å². The van der Waals surface area contributed by atoms with Gasteiger partial charge in [-0.15, -0.1) is 0 Å². The molecule has 12 nitrogen and oxygen atoms in total. The minimum atomic E-state index is -0.697. The zero-order valence-corrected chi connectivity index (χ0v) is 21.6. The first kappa shape index (κ1) is 25.8. The van der Waals surface area contributed by atoms with Gasteiger partial charge in [0, 0.05) is 36.8 Å². The van der Waals surface area contributed by atoms with Crippen LogP contribution < -0.4 is 16.2 Å². The zero-order chi connectivity index (χ0) is 26.8. The lowest BCUT2D eigenvalue weighted by Gasteiger charge is -2.27. The second-order valence-corrected chi connectivity index (χ2v) is 10.5. The summed E-state index contributed by atoms with van der Waals surface area (Å²) in [6, 6.07) is 2.03. The van der Waals surface area contributed by atoms with E-state index in [0.717, 1.165) is 25.7 Å². The highest BCUT2D eigenvalue weighted by molar-refractivity contribution is 6.00. The first-order valence-electron chi connectivity index (χ1n) is 13.2. The molecule has 3 aromatic rings. The molecule has 0 radical (unpaired) electrons. The van der Waals surface area contributed by atoms with Crippen molar-refractivity contribution < 1.29 is 14.7 Å². The van der Waals surface area contributed by atoms with Crippen molar-refractivity contribution in [3.8, 4) is 0 Å². The monoisotopic (exact) mass is 522 g/mol. The average molecular weight is 523 g/mol. The van der Waals surface area contributed by atoms with Gasteiger partial charge in [0.2, 0.25) is 5.91 Å². The number of anilines is 1. The molecule has 0 aromatic carbocycles. The fourth-order valence-electron chi connectivity index (χ4n) is 5.31. The fourth-order valence-corrected chi connectivity index (χ4v) is 5.31. The number of hydrogen-bond donors (Lipinski definition) is 4. The summed E-state index contributed by atoms with van der Waals surface area (Å²) in [7, 11) is 0. The van der Waals surface area contributed by atoms with Gasteiger partial charge in [0.1, 0.15) is 11.7 Å². The number of rotatable bonds is 12. The summed E-state index contributed by atoms with van der Waals surface area (Å²) in [6.07, 6.45) is 10.7. The van der Waals surface area contributed by atoms with Crippen LogP contribution in [0.5, 0.6) is 0 Å². The number of hydrogen-bond acceptors (Lipinski definition) is 7. The Morgan fingerprint density at radius 1 is 1.13 bits per heavy atom. The van der Waals surface area contributed by atoms with Crippen molar-refractivity contribution in [1.82, 2.24) is 35.1 Å². The Bertz CT molecular complexity index is 1320. The number of aromatic amines is 1. The van der Waals surface area contributed by atoms with Crippen LogP contribution in [0.4, 0.5) is 5.69 Å². The predicted octanol–water partition coefficient (Wildman–Crippen LogP) is 1.89. The third-order valence-corrected chi connectivity index (χ3v) is 7.39. The van der Waals surface area contributed by atoms with Crippen LogP contribution in [0.3, 0.4) is 0 Å². The molecule has 2 fully saturated rings. The molecule has 2 aliphatic carbocycles. The Labute approximate surface area is 219 Å². The number of carbonyl (C=O) groups excluding carboxylic acids is 2. The first-order valence-corrected chi connectivity index (χ1v) is 13.2. The van der Waals surface area contributed by atoms with Crippen molar-refractivity contribution in [2.24, 2.45) is 17.8 Å². The van der Waals surface area contributed by atoms with E-state index in [2.05, 4.69) is 31.0 Å². The van der Waals surface area contributed by atoms with Crippen molar-refractivity contribution in [2.75, 3.05) is 11.9 Å². The van der Waals surface area contributed by atoms with E-state index in [1.807, 2.05) is 13.8 Å². The molecule has 38 heavy (non-hydrogen) atoms. The number of nitrogens with zero attached hydrogens (tertiary/aromatic N) is 5. The number of aromatic nitrogens is 6. The standard InChI is InChI=1S/C26H34N8O4/c1-15(2)34-21(8-11-28-34)25(37)31-23(22(16-3-4-16)17-5-6-17)26(38)30-18-13-29-33(14-18)20(9-12-35)19-7-10-27-32-24(19)36/h7-8,10-11,13-17,20,22-23,35H,3-6,9,12H2,1-2H3,(H,30,38)(H,31,37)(H,32,36). The van der Waals surface area contributed by atoms with Crippen LogP contribution in [0, 0.1) is 17.8 Å². The van der Waals surface area contributed by atoms with Crippen LogP contribution in [0.1, 0.15) is 74.1 Å². The molecule has 5 rings (SSSR count). The van der Waals surface area contributed by atoms with Gasteiger partial charge >= 0.3 is 0 Å². The summed E-state index contributed by atoms with van der Waals surface area (Å²) in [5.74, 6) is 0.297. The molecular weight excluding hydrogens is 488 g/mol. The van der Waals surface area contributed by atoms with Crippen LogP contribution in [0.25, 0.3) is 0 Å². The lowest BCUT2D eigenvalue weighted by molar-refractivity contribution is -0.119. The van der Waals surface area contributed by atoms with Crippen molar-refractivity contribution in [2.45, 2.75) is 64.1 Å². The molecule has 4 N–H and O–H groups in total. The van der Waals surface area contributed by atoms with E-state index in [-0.39, 0.29) is 42.4 Å². The van der Waals surface area contributed by atoms with Gasteiger partial charge in [-0.05, 0) is 75.8 Å². The Kier molecular flexibility index (Phi) is 7.41. The van der Waals surface area contributed by atoms with E-state index in [1.165, 1.54) is 12.4 Å². The van der Waals surface area contributed by atoms with Crippen molar-refractivity contribution in [3.63, 3.8) is 0 Å². The highest BCUT2D eigenvalue weighted by Crippen LogP contribution is 2.51. The molecule has 2 atom stereocenters. The fraction of sp³-hybridized carbons (Fsp3) is 0.538. The summed E-state index contributed by atoms with van der Waals surface area (Å²) < 4.78 is 3.20. The minimum absolute atomic E-state index is 0.00558. The van der Waals surface area contributed by atoms with Crippen molar-refractivity contribution in [1.29, 1.82) is 0 Å². The molecule has 0 aliphatic heterocycles. The summed E-state index contributed by atoms with van der Waals surface area (Å²) in [4.78, 5) is 39.3. The normalized spacial score (nSPS) is 17.0. The number of nitrogens with one attached hydrogen (secondary N) is 3. The van der Waals surface area contributed by atoms with Crippen molar-refractivity contribution >= 4 is 17.5 Å². The molecular formula is C26H34N8O4. The topological polar surface area (TPSA) is 160 Å². The lowest BCUT2D eigenvalue weighted by Crippen LogP contribution is -2.50. The number of aliphatic hydroxyl groups is 1. The summed E-state index contributed by atoms with van der Waals surface area (Å²) in [5.41, 5.74) is 0.905. The zero-order valence-electron chi connectivity index (χ0n) is 21.6. The lowest BCUT2D eigenvalue weighted by atomic mass is 9.88. The SMILES string of the molecule is CC(C)n1nccc1C(=O)NC(C(=O)Nc1cnn(C(CCO)c2ccn[nH]c2=O)c1)C(C1CC1)C1CC1. The van der Waals surface area contributed by atoms with Gasteiger partial charge in [-0.3, -0.25) is 23.7 Å². The van der Waals surface area contributed by atoms with Gasteiger partial charge in [0.15, 0.2) is 0 Å². The summed E-state index contributed by atoms with van der Waals surface area (Å²) in [6.45, 7) is 3.75. The minimum Gasteiger partial charge on any atom is -0.396 e. The molecule has 0 bridgehead atoms. The molecule has 0 spiro atoms. The first-order chi connectivity index (χ1) is 18.4. The molecule has 202 valence electrons. The maximum absolute atomic E-state index is 13.7. The third kappa shape index (κ3) is 5.54. The summed E-state index contributed by atoms with van der Waals surface area (Å²) in [5, 5.41) is 30.3. The number of amides is 2. The number of carbonyl (C=O) groups is 2. The summed E-state index contributed by atoms with van der Waals surface area (Å²) >= 11 is 0. The van der Waals surface area contributed by atoms with E-state index in [0.29, 0.717) is 28.8 Å².